The first-order valence-corrected chi connectivity index (χ1v) is 25.8. The van der Waals surface area contributed by atoms with Gasteiger partial charge in [0.1, 0.15) is 49.3 Å². The smallest absolute Gasteiger partial charge is 0.332 e. The Kier molecular flexibility index (Phi) is 30.3. The SMILES string of the molecule is Cc1ccc(S(=O)(=O)OCCOCCOCCOc2cc(OCCOCCOCCOCCOCCOCC(=O)OC(C)(C)C)cc(OCCOCCOCCOS(=O)(=O)c3ccc(C)cc3)c2)cc1. The molecule has 20 nitrogen and oxygen atoms in total. The van der Waals surface area contributed by atoms with Crippen molar-refractivity contribution >= 4 is 26.2 Å². The van der Waals surface area contributed by atoms with Crippen LogP contribution in [-0.4, -0.2) is 180 Å². The summed E-state index contributed by atoms with van der Waals surface area (Å²) in [6.45, 7) is 14.3. The van der Waals surface area contributed by atoms with E-state index in [0.29, 0.717) is 70.1 Å². The van der Waals surface area contributed by atoms with E-state index in [4.69, 9.17) is 69.9 Å². The van der Waals surface area contributed by atoms with Crippen LogP contribution < -0.4 is 14.2 Å². The molecule has 0 heterocycles. The first-order chi connectivity index (χ1) is 33.6. The largest absolute Gasteiger partial charge is 0.491 e. The second-order valence-electron chi connectivity index (χ2n) is 15.9. The van der Waals surface area contributed by atoms with Crippen LogP contribution in [0.25, 0.3) is 0 Å². The summed E-state index contributed by atoms with van der Waals surface area (Å²) < 4.78 is 132. The summed E-state index contributed by atoms with van der Waals surface area (Å²) in [5.41, 5.74) is 1.34. The molecule has 396 valence electrons. The van der Waals surface area contributed by atoms with Gasteiger partial charge in [-0.1, -0.05) is 35.4 Å². The standard InChI is InChI=1S/C48H72O20S2/c1-40-6-10-45(11-7-40)69(50,51)66-34-29-60-22-20-58-27-32-64-43-36-42(63-31-26-57-19-18-55-15-14-54-16-17-56-24-25-62-39-47(49)68-48(3,4)5)37-44(38-43)65-33-28-59-21-23-61-30-35-67-70(52,53)46-12-8-41(2)9-13-46/h6-13,36-38H,14-35,39H2,1-5H3. The molecule has 0 bridgehead atoms. The highest BCUT2D eigenvalue weighted by Gasteiger charge is 2.17. The predicted octanol–water partition coefficient (Wildman–Crippen LogP) is 4.74. The topological polar surface area (TPSA) is 224 Å². The molecule has 0 aliphatic heterocycles. The Bertz CT molecular complexity index is 1950. The number of ether oxygens (including phenoxy) is 13. The summed E-state index contributed by atoms with van der Waals surface area (Å²) in [6, 6.07) is 18.0. The Morgan fingerprint density at radius 1 is 0.386 bits per heavy atom. The van der Waals surface area contributed by atoms with Crippen LogP contribution in [0.4, 0.5) is 0 Å². The van der Waals surface area contributed by atoms with Crippen LogP contribution in [0.15, 0.2) is 76.5 Å². The van der Waals surface area contributed by atoms with Crippen molar-refractivity contribution < 1.29 is 91.6 Å². The molecule has 0 N–H and O–H groups in total. The van der Waals surface area contributed by atoms with Gasteiger partial charge in [-0.2, -0.15) is 16.8 Å². The van der Waals surface area contributed by atoms with Gasteiger partial charge < -0.3 is 61.6 Å². The van der Waals surface area contributed by atoms with Crippen molar-refractivity contribution in [2.75, 3.05) is 152 Å². The molecule has 0 fully saturated rings. The van der Waals surface area contributed by atoms with E-state index in [9.17, 15) is 21.6 Å². The number of aryl methyl sites for hydroxylation is 2. The number of hydrogen-bond donors (Lipinski definition) is 0. The highest BCUT2D eigenvalue weighted by molar-refractivity contribution is 7.87. The molecule has 22 heteroatoms. The van der Waals surface area contributed by atoms with Crippen molar-refractivity contribution in [3.63, 3.8) is 0 Å². The number of esters is 1. The molecule has 0 saturated carbocycles. The van der Waals surface area contributed by atoms with E-state index in [0.717, 1.165) is 11.1 Å². The summed E-state index contributed by atoms with van der Waals surface area (Å²) in [5.74, 6) is 1.03. The maximum atomic E-state index is 12.3. The minimum Gasteiger partial charge on any atom is -0.491 e. The van der Waals surface area contributed by atoms with Gasteiger partial charge in [0.2, 0.25) is 0 Å². The lowest BCUT2D eigenvalue weighted by molar-refractivity contribution is -0.160. The summed E-state index contributed by atoms with van der Waals surface area (Å²) >= 11 is 0. The molecule has 0 spiro atoms. The molecule has 0 unspecified atom stereocenters. The first kappa shape index (κ1) is 60.3. The summed E-state index contributed by atoms with van der Waals surface area (Å²) in [7, 11) is -7.72. The third kappa shape index (κ3) is 29.4. The molecule has 0 radical (unpaired) electrons. The van der Waals surface area contributed by atoms with Gasteiger partial charge in [-0.15, -0.1) is 0 Å². The van der Waals surface area contributed by atoms with Gasteiger partial charge in [-0.05, 0) is 58.9 Å². The summed E-state index contributed by atoms with van der Waals surface area (Å²) in [5, 5.41) is 0. The van der Waals surface area contributed by atoms with E-state index in [1.54, 1.807) is 63.2 Å². The molecular formula is C48H72O20S2. The Balaban J connectivity index is 1.28. The van der Waals surface area contributed by atoms with Crippen LogP contribution in [-0.2, 0) is 80.8 Å². The number of rotatable bonds is 42. The summed E-state index contributed by atoms with van der Waals surface area (Å²) in [6.07, 6.45) is 0. The van der Waals surface area contributed by atoms with E-state index in [1.807, 2.05) is 13.8 Å². The van der Waals surface area contributed by atoms with Crippen molar-refractivity contribution in [2.45, 2.75) is 50.0 Å². The van der Waals surface area contributed by atoms with Crippen molar-refractivity contribution in [3.05, 3.63) is 77.9 Å². The summed E-state index contributed by atoms with van der Waals surface area (Å²) in [4.78, 5) is 11.8. The van der Waals surface area contributed by atoms with E-state index < -0.39 is 31.8 Å². The van der Waals surface area contributed by atoms with Crippen LogP contribution in [0.5, 0.6) is 17.2 Å². The fourth-order valence-electron chi connectivity index (χ4n) is 5.45. The maximum absolute atomic E-state index is 12.3. The zero-order chi connectivity index (χ0) is 50.8. The third-order valence-corrected chi connectivity index (χ3v) is 11.4. The van der Waals surface area contributed by atoms with Crippen LogP contribution in [0.1, 0.15) is 31.9 Å². The Hall–Kier alpha value is -4.01. The highest BCUT2D eigenvalue weighted by Crippen LogP contribution is 2.28. The highest BCUT2D eigenvalue weighted by atomic mass is 32.2. The van der Waals surface area contributed by atoms with E-state index in [-0.39, 0.29) is 109 Å². The monoisotopic (exact) mass is 1030 g/mol. The molecule has 0 amide bonds. The second-order valence-corrected chi connectivity index (χ2v) is 19.1. The van der Waals surface area contributed by atoms with E-state index >= 15 is 0 Å². The van der Waals surface area contributed by atoms with Gasteiger partial charge in [0.25, 0.3) is 20.2 Å². The Labute approximate surface area is 413 Å². The molecule has 3 aromatic carbocycles. The predicted molar refractivity (Wildman–Crippen MR) is 255 cm³/mol. The average molecular weight is 1030 g/mol. The zero-order valence-electron chi connectivity index (χ0n) is 41.1. The number of benzene rings is 3. The van der Waals surface area contributed by atoms with Crippen molar-refractivity contribution in [1.29, 1.82) is 0 Å². The molecule has 0 aliphatic carbocycles. The molecule has 0 saturated heterocycles. The average Bonchev–Trinajstić information content (AvgIpc) is 3.31. The van der Waals surface area contributed by atoms with Gasteiger partial charge in [0.15, 0.2) is 0 Å². The first-order valence-electron chi connectivity index (χ1n) is 23.0. The zero-order valence-corrected chi connectivity index (χ0v) is 42.7. The van der Waals surface area contributed by atoms with Gasteiger partial charge in [0.05, 0.1) is 135 Å². The lowest BCUT2D eigenvalue weighted by atomic mass is 10.2. The Morgan fingerprint density at radius 3 is 0.929 bits per heavy atom. The molecule has 0 aliphatic rings. The number of hydrogen-bond acceptors (Lipinski definition) is 20. The van der Waals surface area contributed by atoms with Crippen molar-refractivity contribution in [1.82, 2.24) is 0 Å². The molecule has 0 aromatic heterocycles. The van der Waals surface area contributed by atoms with Crippen LogP contribution in [0, 0.1) is 13.8 Å². The van der Waals surface area contributed by atoms with Crippen LogP contribution >= 0.6 is 0 Å². The van der Waals surface area contributed by atoms with Gasteiger partial charge in [0, 0.05) is 18.2 Å². The molecule has 3 aromatic rings. The number of carbonyl (C=O) groups excluding carboxylic acids is 1. The van der Waals surface area contributed by atoms with Gasteiger partial charge >= 0.3 is 5.97 Å². The quantitative estimate of drug-likeness (QED) is 0.0424. The van der Waals surface area contributed by atoms with E-state index in [1.165, 1.54) is 24.3 Å². The van der Waals surface area contributed by atoms with Crippen molar-refractivity contribution in [3.8, 4) is 17.2 Å². The minimum atomic E-state index is -3.86. The lowest BCUT2D eigenvalue weighted by Gasteiger charge is -2.19. The van der Waals surface area contributed by atoms with Gasteiger partial charge in [-0.25, -0.2) is 4.79 Å². The van der Waals surface area contributed by atoms with Crippen molar-refractivity contribution in [2.24, 2.45) is 0 Å². The fraction of sp³-hybridized carbons (Fsp3) is 0.604. The molecular weight excluding hydrogens is 961 g/mol. The molecule has 70 heavy (non-hydrogen) atoms. The fourth-order valence-corrected chi connectivity index (χ4v) is 7.24. The molecule has 0 atom stereocenters. The van der Waals surface area contributed by atoms with Crippen LogP contribution in [0.3, 0.4) is 0 Å². The Morgan fingerprint density at radius 2 is 0.643 bits per heavy atom. The second kappa shape index (κ2) is 35.2. The van der Waals surface area contributed by atoms with Crippen LogP contribution in [0.2, 0.25) is 0 Å². The normalized spacial score (nSPS) is 12.0. The third-order valence-electron chi connectivity index (χ3n) is 8.77. The molecule has 3 rings (SSSR count). The lowest BCUT2D eigenvalue weighted by Crippen LogP contribution is -2.27. The minimum absolute atomic E-state index is 0.0740. The number of carbonyl (C=O) groups is 1. The maximum Gasteiger partial charge on any atom is 0.332 e. The van der Waals surface area contributed by atoms with Gasteiger partial charge in [-0.3, -0.25) is 8.37 Å². The van der Waals surface area contributed by atoms with E-state index in [2.05, 4.69) is 0 Å².